The smallest absolute Gasteiger partial charge is 0.0155 e. The van der Waals surface area contributed by atoms with Gasteiger partial charge in [-0.05, 0) is 67.0 Å². The van der Waals surface area contributed by atoms with Crippen LogP contribution in [0, 0.1) is 13.8 Å². The number of benzene rings is 1. The third-order valence-corrected chi connectivity index (χ3v) is 3.63. The van der Waals surface area contributed by atoms with Crippen molar-refractivity contribution in [3.8, 4) is 0 Å². The van der Waals surface area contributed by atoms with Crippen LogP contribution in [0.2, 0.25) is 0 Å². The lowest BCUT2D eigenvalue weighted by molar-refractivity contribution is 0.824. The number of unbranched alkanes of at least 4 members (excludes halogenated alkanes) is 1. The highest BCUT2D eigenvalue weighted by molar-refractivity contribution is 5.78. The van der Waals surface area contributed by atoms with Gasteiger partial charge in [0.15, 0.2) is 0 Å². The van der Waals surface area contributed by atoms with Crippen LogP contribution >= 0.6 is 0 Å². The molecule has 0 aromatic heterocycles. The third kappa shape index (κ3) is 3.70. The molecule has 1 rings (SSSR count). The molecule has 0 fully saturated rings. The number of hydrogen-bond donors (Lipinski definition) is 0. The van der Waals surface area contributed by atoms with E-state index in [-0.39, 0.29) is 0 Å². The second kappa shape index (κ2) is 7.13. The molecule has 102 valence electrons. The highest BCUT2D eigenvalue weighted by Gasteiger charge is 2.08. The molecule has 1 aromatic rings. The standard InChI is InChI=1S/C19H26/c1-7-10-11-14(4)18-12-16(6)19(13-15(18)5)17(8-2)9-3/h8-9,12-13H,2,4,7,10-11H2,1,3,5-6H3/b17-9+. The second-order valence-electron chi connectivity index (χ2n) is 5.14. The van der Waals surface area contributed by atoms with Crippen LogP contribution in [0.15, 0.2) is 37.4 Å². The first-order chi connectivity index (χ1) is 9.04. The van der Waals surface area contributed by atoms with Crippen LogP contribution in [0.5, 0.6) is 0 Å². The molecule has 0 heterocycles. The fourth-order valence-electron chi connectivity index (χ4n) is 2.42. The molecule has 19 heavy (non-hydrogen) atoms. The molecule has 0 spiro atoms. The van der Waals surface area contributed by atoms with Gasteiger partial charge >= 0.3 is 0 Å². The molecule has 0 amide bonds. The maximum Gasteiger partial charge on any atom is -0.0155 e. The summed E-state index contributed by atoms with van der Waals surface area (Å²) < 4.78 is 0. The Morgan fingerprint density at radius 1 is 1.16 bits per heavy atom. The zero-order chi connectivity index (χ0) is 14.4. The van der Waals surface area contributed by atoms with Crippen LogP contribution in [-0.4, -0.2) is 0 Å². The molecule has 0 unspecified atom stereocenters. The molecular weight excluding hydrogens is 228 g/mol. The van der Waals surface area contributed by atoms with Crippen LogP contribution in [0.1, 0.15) is 55.4 Å². The van der Waals surface area contributed by atoms with Crippen LogP contribution in [0.3, 0.4) is 0 Å². The van der Waals surface area contributed by atoms with Gasteiger partial charge in [-0.2, -0.15) is 0 Å². The van der Waals surface area contributed by atoms with Crippen molar-refractivity contribution in [3.63, 3.8) is 0 Å². The second-order valence-corrected chi connectivity index (χ2v) is 5.14. The minimum absolute atomic E-state index is 1.09. The number of hydrogen-bond acceptors (Lipinski definition) is 0. The average Bonchev–Trinajstić information content (AvgIpc) is 2.40. The van der Waals surface area contributed by atoms with Crippen molar-refractivity contribution in [2.75, 3.05) is 0 Å². The van der Waals surface area contributed by atoms with Crippen molar-refractivity contribution < 1.29 is 0 Å². The number of allylic oxidation sites excluding steroid dienone is 4. The quantitative estimate of drug-likeness (QED) is 0.538. The van der Waals surface area contributed by atoms with Crippen molar-refractivity contribution >= 4 is 11.1 Å². The normalized spacial score (nSPS) is 11.5. The summed E-state index contributed by atoms with van der Waals surface area (Å²) in [6.07, 6.45) is 7.56. The summed E-state index contributed by atoms with van der Waals surface area (Å²) in [7, 11) is 0. The molecule has 0 bridgehead atoms. The Bertz CT molecular complexity index is 501. The number of rotatable bonds is 6. The maximum absolute atomic E-state index is 4.24. The Morgan fingerprint density at radius 2 is 1.74 bits per heavy atom. The minimum Gasteiger partial charge on any atom is -0.0985 e. The molecule has 0 N–H and O–H groups in total. The fraction of sp³-hybridized carbons (Fsp3) is 0.368. The first-order valence-corrected chi connectivity index (χ1v) is 7.13. The minimum atomic E-state index is 1.09. The fourth-order valence-corrected chi connectivity index (χ4v) is 2.42. The van der Waals surface area contributed by atoms with Crippen LogP contribution in [0.25, 0.3) is 11.1 Å². The predicted molar refractivity (Wildman–Crippen MR) is 88.3 cm³/mol. The lowest BCUT2D eigenvalue weighted by Crippen LogP contribution is -1.95. The summed E-state index contributed by atoms with van der Waals surface area (Å²) in [6, 6.07) is 4.54. The first-order valence-electron chi connectivity index (χ1n) is 7.13. The zero-order valence-corrected chi connectivity index (χ0v) is 12.8. The molecule has 0 nitrogen and oxygen atoms in total. The average molecular weight is 254 g/mol. The summed E-state index contributed by atoms with van der Waals surface area (Å²) in [5, 5.41) is 0. The Kier molecular flexibility index (Phi) is 5.82. The zero-order valence-electron chi connectivity index (χ0n) is 12.8. The van der Waals surface area contributed by atoms with Gasteiger partial charge in [-0.3, -0.25) is 0 Å². The van der Waals surface area contributed by atoms with Crippen molar-refractivity contribution in [3.05, 3.63) is 59.7 Å². The summed E-state index contributed by atoms with van der Waals surface area (Å²) in [6.45, 7) is 16.7. The molecule has 0 saturated carbocycles. The van der Waals surface area contributed by atoms with E-state index in [1.165, 1.54) is 46.2 Å². The van der Waals surface area contributed by atoms with Gasteiger partial charge in [0, 0.05) is 0 Å². The van der Waals surface area contributed by atoms with Crippen molar-refractivity contribution in [2.24, 2.45) is 0 Å². The highest BCUT2D eigenvalue weighted by Crippen LogP contribution is 2.28. The van der Waals surface area contributed by atoms with Gasteiger partial charge in [0.05, 0.1) is 0 Å². The van der Waals surface area contributed by atoms with Crippen LogP contribution in [0.4, 0.5) is 0 Å². The van der Waals surface area contributed by atoms with Gasteiger partial charge in [0.25, 0.3) is 0 Å². The van der Waals surface area contributed by atoms with Gasteiger partial charge < -0.3 is 0 Å². The predicted octanol–water partition coefficient (Wildman–Crippen LogP) is 6.10. The number of aryl methyl sites for hydroxylation is 2. The Hall–Kier alpha value is -1.56. The van der Waals surface area contributed by atoms with Gasteiger partial charge in [-0.25, -0.2) is 0 Å². The molecule has 0 aliphatic heterocycles. The lowest BCUT2D eigenvalue weighted by Gasteiger charge is -2.14. The SMILES string of the molecule is C=C/C(=C\C)c1cc(C)c(C(=C)CCCC)cc1C. The third-order valence-electron chi connectivity index (χ3n) is 3.63. The summed E-state index contributed by atoms with van der Waals surface area (Å²) in [5.74, 6) is 0. The Morgan fingerprint density at radius 3 is 2.26 bits per heavy atom. The molecule has 0 atom stereocenters. The lowest BCUT2D eigenvalue weighted by atomic mass is 9.90. The van der Waals surface area contributed by atoms with Gasteiger partial charge in [0.2, 0.25) is 0 Å². The van der Waals surface area contributed by atoms with Gasteiger partial charge in [-0.1, -0.05) is 50.8 Å². The van der Waals surface area contributed by atoms with E-state index in [4.69, 9.17) is 0 Å². The maximum atomic E-state index is 4.24. The summed E-state index contributed by atoms with van der Waals surface area (Å²) in [4.78, 5) is 0. The van der Waals surface area contributed by atoms with Crippen molar-refractivity contribution in [2.45, 2.75) is 47.0 Å². The van der Waals surface area contributed by atoms with E-state index in [1.54, 1.807) is 0 Å². The molecule has 0 saturated heterocycles. The largest absolute Gasteiger partial charge is 0.0985 e. The molecule has 0 heteroatoms. The Labute approximate surface area is 118 Å². The summed E-state index contributed by atoms with van der Waals surface area (Å²) >= 11 is 0. The monoisotopic (exact) mass is 254 g/mol. The molecule has 0 radical (unpaired) electrons. The summed E-state index contributed by atoms with van der Waals surface area (Å²) in [5.41, 5.74) is 7.66. The van der Waals surface area contributed by atoms with E-state index in [9.17, 15) is 0 Å². The molecule has 1 aromatic carbocycles. The molecular formula is C19H26. The Balaban J connectivity index is 3.17. The topological polar surface area (TPSA) is 0 Å². The highest BCUT2D eigenvalue weighted by atomic mass is 14.1. The van der Waals surface area contributed by atoms with Crippen molar-refractivity contribution in [1.29, 1.82) is 0 Å². The van der Waals surface area contributed by atoms with E-state index >= 15 is 0 Å². The van der Waals surface area contributed by atoms with E-state index in [1.807, 2.05) is 6.08 Å². The van der Waals surface area contributed by atoms with Gasteiger partial charge in [0.1, 0.15) is 0 Å². The van der Waals surface area contributed by atoms with Crippen LogP contribution < -0.4 is 0 Å². The van der Waals surface area contributed by atoms with E-state index in [2.05, 4.69) is 59.1 Å². The molecule has 0 aliphatic carbocycles. The van der Waals surface area contributed by atoms with Crippen molar-refractivity contribution in [1.82, 2.24) is 0 Å². The van der Waals surface area contributed by atoms with E-state index in [0.29, 0.717) is 0 Å². The van der Waals surface area contributed by atoms with Gasteiger partial charge in [-0.15, -0.1) is 0 Å². The van der Waals surface area contributed by atoms with E-state index < -0.39 is 0 Å². The van der Waals surface area contributed by atoms with Crippen LogP contribution in [-0.2, 0) is 0 Å². The van der Waals surface area contributed by atoms with E-state index in [0.717, 1.165) is 6.42 Å². The first kappa shape index (κ1) is 15.5. The molecule has 0 aliphatic rings.